The number of aryl methyl sites for hydroxylation is 1. The first kappa shape index (κ1) is 18.3. The van der Waals surface area contributed by atoms with Crippen molar-refractivity contribution in [1.29, 1.82) is 0 Å². The van der Waals surface area contributed by atoms with Crippen LogP contribution in [0.4, 0.5) is 0 Å². The van der Waals surface area contributed by atoms with Crippen molar-refractivity contribution in [3.8, 4) is 27.2 Å². The summed E-state index contributed by atoms with van der Waals surface area (Å²) in [4.78, 5) is 3.88. The lowest BCUT2D eigenvalue weighted by Crippen LogP contribution is -2.52. The van der Waals surface area contributed by atoms with Crippen molar-refractivity contribution in [3.63, 3.8) is 0 Å². The average Bonchev–Trinajstić information content (AvgIpc) is 3.35. The lowest BCUT2D eigenvalue weighted by atomic mass is 9.89. The number of benzene rings is 1. The summed E-state index contributed by atoms with van der Waals surface area (Å²) in [5, 5.41) is 28.5. The van der Waals surface area contributed by atoms with Crippen LogP contribution in [0.15, 0.2) is 36.5 Å². The van der Waals surface area contributed by atoms with Crippen molar-refractivity contribution in [2.45, 2.75) is 44.4 Å². The number of piperidine rings is 1. The molecule has 3 aromatic rings. The first-order chi connectivity index (χ1) is 13.9. The van der Waals surface area contributed by atoms with Crippen molar-refractivity contribution in [1.82, 2.24) is 30.1 Å². The fraction of sp³-hybridized carbons (Fsp3) is 0.400. The molecule has 2 aliphatic rings. The zero-order valence-corrected chi connectivity index (χ0v) is 17.3. The van der Waals surface area contributed by atoms with Gasteiger partial charge in [-0.05, 0) is 33.0 Å². The lowest BCUT2D eigenvalue weighted by Gasteiger charge is -2.43. The van der Waals surface area contributed by atoms with E-state index in [0.29, 0.717) is 27.5 Å². The Hall–Kier alpha value is -2.78. The highest BCUT2D eigenvalue weighted by atomic mass is 32.1. The van der Waals surface area contributed by atoms with Crippen LogP contribution in [0.5, 0.6) is 10.9 Å². The van der Waals surface area contributed by atoms with E-state index in [2.05, 4.69) is 51.4 Å². The Kier molecular flexibility index (Phi) is 4.18. The Balaban J connectivity index is 1.33. The molecule has 0 saturated carbocycles. The molecule has 1 fully saturated rings. The number of aromatic nitrogens is 5. The predicted molar refractivity (Wildman–Crippen MR) is 109 cm³/mol. The monoisotopic (exact) mass is 410 g/mol. The van der Waals surface area contributed by atoms with E-state index < -0.39 is 0 Å². The largest absolute Gasteiger partial charge is 0.507 e. The SMILES string of the molecule is Cc1cnn(-c2ccc(-c3nnc(O[C@@H]4C[C@H]5C=C[C@@](C)(C4)N5C)s3)c(O)c2)n1. The second kappa shape index (κ2) is 6.64. The molecule has 150 valence electrons. The minimum absolute atomic E-state index is 0.0358. The molecule has 1 N–H and O–H groups in total. The summed E-state index contributed by atoms with van der Waals surface area (Å²) in [6.45, 7) is 4.10. The molecule has 0 unspecified atom stereocenters. The van der Waals surface area contributed by atoms with Crippen molar-refractivity contribution in [2.24, 2.45) is 0 Å². The van der Waals surface area contributed by atoms with Gasteiger partial charge in [-0.15, -0.1) is 5.10 Å². The first-order valence-corrected chi connectivity index (χ1v) is 10.4. The molecule has 29 heavy (non-hydrogen) atoms. The Labute approximate surface area is 172 Å². The highest BCUT2D eigenvalue weighted by Crippen LogP contribution is 2.40. The van der Waals surface area contributed by atoms with Gasteiger partial charge >= 0.3 is 0 Å². The van der Waals surface area contributed by atoms with Gasteiger partial charge in [0.1, 0.15) is 11.9 Å². The van der Waals surface area contributed by atoms with Crippen LogP contribution in [0.3, 0.4) is 0 Å². The van der Waals surface area contributed by atoms with E-state index in [1.165, 1.54) is 16.1 Å². The number of aromatic hydroxyl groups is 1. The summed E-state index contributed by atoms with van der Waals surface area (Å²) < 4.78 is 6.16. The van der Waals surface area contributed by atoms with Gasteiger partial charge in [0.15, 0.2) is 5.01 Å². The molecule has 9 heteroatoms. The van der Waals surface area contributed by atoms with Crippen LogP contribution in [0.25, 0.3) is 16.3 Å². The normalized spacial score (nSPS) is 26.2. The van der Waals surface area contributed by atoms with Crippen molar-refractivity contribution < 1.29 is 9.84 Å². The zero-order chi connectivity index (χ0) is 20.2. The third-order valence-electron chi connectivity index (χ3n) is 5.85. The lowest BCUT2D eigenvalue weighted by molar-refractivity contribution is 0.0298. The molecule has 8 nitrogen and oxygen atoms in total. The van der Waals surface area contributed by atoms with E-state index in [4.69, 9.17) is 4.74 Å². The van der Waals surface area contributed by atoms with Gasteiger partial charge in [-0.2, -0.15) is 15.0 Å². The molecule has 0 radical (unpaired) electrons. The Morgan fingerprint density at radius 2 is 2.17 bits per heavy atom. The number of ether oxygens (including phenoxy) is 1. The van der Waals surface area contributed by atoms with Crippen LogP contribution in [-0.2, 0) is 0 Å². The van der Waals surface area contributed by atoms with E-state index in [-0.39, 0.29) is 17.4 Å². The minimum atomic E-state index is 0.0358. The molecule has 5 rings (SSSR count). The molecule has 2 bridgehead atoms. The summed E-state index contributed by atoms with van der Waals surface area (Å²) in [6.07, 6.45) is 8.17. The quantitative estimate of drug-likeness (QED) is 0.662. The van der Waals surface area contributed by atoms with Gasteiger partial charge < -0.3 is 9.84 Å². The van der Waals surface area contributed by atoms with Crippen molar-refractivity contribution in [2.75, 3.05) is 7.05 Å². The van der Waals surface area contributed by atoms with Gasteiger partial charge in [-0.1, -0.05) is 28.6 Å². The highest BCUT2D eigenvalue weighted by molar-refractivity contribution is 7.16. The number of phenols is 1. The number of phenolic OH excluding ortho intramolecular Hbond substituents is 1. The Morgan fingerprint density at radius 3 is 2.90 bits per heavy atom. The minimum Gasteiger partial charge on any atom is -0.507 e. The molecule has 1 saturated heterocycles. The Morgan fingerprint density at radius 1 is 1.31 bits per heavy atom. The molecule has 0 aliphatic carbocycles. The third kappa shape index (κ3) is 3.20. The van der Waals surface area contributed by atoms with E-state index in [0.717, 1.165) is 18.5 Å². The summed E-state index contributed by atoms with van der Waals surface area (Å²) >= 11 is 1.35. The fourth-order valence-corrected chi connectivity index (χ4v) is 4.89. The number of rotatable bonds is 4. The summed E-state index contributed by atoms with van der Waals surface area (Å²) in [6, 6.07) is 5.67. The molecule has 1 aromatic carbocycles. The highest BCUT2D eigenvalue weighted by Gasteiger charge is 2.44. The van der Waals surface area contributed by atoms with Crippen LogP contribution < -0.4 is 4.74 Å². The van der Waals surface area contributed by atoms with Crippen LogP contribution in [0.2, 0.25) is 0 Å². The number of fused-ring (bicyclic) bond motifs is 2. The van der Waals surface area contributed by atoms with E-state index in [1.807, 2.05) is 13.0 Å². The molecular formula is C20H22N6O2S. The predicted octanol–water partition coefficient (Wildman–Crippen LogP) is 2.97. The summed E-state index contributed by atoms with van der Waals surface area (Å²) in [5.74, 6) is 0.106. The summed E-state index contributed by atoms with van der Waals surface area (Å²) in [5.41, 5.74) is 2.14. The van der Waals surface area contributed by atoms with Gasteiger partial charge in [-0.3, -0.25) is 4.90 Å². The Bertz CT molecular complexity index is 1090. The number of nitrogens with zero attached hydrogens (tertiary/aromatic N) is 6. The first-order valence-electron chi connectivity index (χ1n) is 9.56. The topological polar surface area (TPSA) is 89.2 Å². The molecule has 2 aromatic heterocycles. The maximum absolute atomic E-state index is 10.5. The molecule has 3 atom stereocenters. The van der Waals surface area contributed by atoms with Crippen molar-refractivity contribution >= 4 is 11.3 Å². The molecular weight excluding hydrogens is 388 g/mol. The van der Waals surface area contributed by atoms with Gasteiger partial charge in [0.25, 0.3) is 5.19 Å². The van der Waals surface area contributed by atoms with E-state index in [1.54, 1.807) is 18.3 Å². The number of likely N-dealkylation sites (N-methyl/N-ethyl adjacent to an activating group) is 1. The van der Waals surface area contributed by atoms with E-state index >= 15 is 0 Å². The zero-order valence-electron chi connectivity index (χ0n) is 16.5. The second-order valence-electron chi connectivity index (χ2n) is 7.92. The van der Waals surface area contributed by atoms with Crippen LogP contribution in [0, 0.1) is 6.92 Å². The molecule has 0 spiro atoms. The van der Waals surface area contributed by atoms with Crippen LogP contribution in [0.1, 0.15) is 25.5 Å². The number of hydrogen-bond acceptors (Lipinski definition) is 8. The van der Waals surface area contributed by atoms with Gasteiger partial charge in [0.2, 0.25) is 0 Å². The maximum atomic E-state index is 10.5. The number of hydrogen-bond donors (Lipinski definition) is 1. The summed E-state index contributed by atoms with van der Waals surface area (Å²) in [7, 11) is 2.16. The van der Waals surface area contributed by atoms with Gasteiger partial charge in [-0.25, -0.2) is 0 Å². The van der Waals surface area contributed by atoms with Gasteiger partial charge in [0, 0.05) is 30.5 Å². The molecule has 0 amide bonds. The maximum Gasteiger partial charge on any atom is 0.294 e. The van der Waals surface area contributed by atoms with Crippen LogP contribution >= 0.6 is 11.3 Å². The average molecular weight is 411 g/mol. The smallest absolute Gasteiger partial charge is 0.294 e. The second-order valence-corrected chi connectivity index (χ2v) is 8.86. The van der Waals surface area contributed by atoms with Crippen molar-refractivity contribution in [3.05, 3.63) is 42.2 Å². The standard InChI is InChI=1S/C20H22N6O2S/c1-12-11-21-26(24-12)14-4-5-16(17(27)9-14)18-22-23-19(29-18)28-15-8-13-6-7-20(2,10-15)25(13)3/h4-7,9,11,13,15,27H,8,10H2,1-3H3/t13-,15-,20+/m1/s1. The van der Waals surface area contributed by atoms with E-state index in [9.17, 15) is 5.11 Å². The third-order valence-corrected chi connectivity index (χ3v) is 6.70. The van der Waals surface area contributed by atoms with Gasteiger partial charge in [0.05, 0.1) is 23.1 Å². The molecule has 4 heterocycles. The fourth-order valence-electron chi connectivity index (χ4n) is 4.09. The molecule has 2 aliphatic heterocycles. The van der Waals surface area contributed by atoms with Crippen LogP contribution in [-0.4, -0.2) is 59.9 Å².